The average molecular weight is 252 g/mol. The molecule has 2 N–H and O–H groups in total. The Labute approximate surface area is 112 Å². The third-order valence-corrected chi connectivity index (χ3v) is 3.81. The number of benzene rings is 1. The molecule has 3 rings (SSSR count). The molecule has 2 aromatic rings. The molecular weight excluding hydrogens is 236 g/mol. The minimum absolute atomic E-state index is 0.0945. The van der Waals surface area contributed by atoms with Gasteiger partial charge in [0.25, 0.3) is 0 Å². The lowest BCUT2D eigenvalue weighted by molar-refractivity contribution is -0.121. The van der Waals surface area contributed by atoms with Crippen LogP contribution in [0.15, 0.2) is 42.7 Å². The lowest BCUT2D eigenvalue weighted by Gasteiger charge is -2.09. The normalized spacial score (nSPS) is 14.3. The molecule has 0 radical (unpaired) electrons. The second-order valence-corrected chi connectivity index (χ2v) is 5.09. The summed E-state index contributed by atoms with van der Waals surface area (Å²) in [7, 11) is 0. The molecule has 96 valence electrons. The smallest absolute Gasteiger partial charge is 0.141 e. The van der Waals surface area contributed by atoms with E-state index in [1.807, 2.05) is 12.1 Å². The monoisotopic (exact) mass is 252 g/mol. The van der Waals surface area contributed by atoms with Gasteiger partial charge in [-0.15, -0.1) is 0 Å². The van der Waals surface area contributed by atoms with Crippen molar-refractivity contribution in [3.63, 3.8) is 0 Å². The van der Waals surface area contributed by atoms with Crippen LogP contribution in [0.1, 0.15) is 16.7 Å². The van der Waals surface area contributed by atoms with E-state index in [-0.39, 0.29) is 11.7 Å². The molecule has 1 aromatic heterocycles. The van der Waals surface area contributed by atoms with Crippen molar-refractivity contribution in [2.24, 2.45) is 5.92 Å². The van der Waals surface area contributed by atoms with Gasteiger partial charge < -0.3 is 5.73 Å². The third kappa shape index (κ3) is 2.36. The van der Waals surface area contributed by atoms with E-state index in [4.69, 9.17) is 5.73 Å². The van der Waals surface area contributed by atoms with E-state index in [0.29, 0.717) is 12.1 Å². The van der Waals surface area contributed by atoms with E-state index in [0.717, 1.165) is 18.4 Å². The molecule has 0 aliphatic heterocycles. The van der Waals surface area contributed by atoms with Gasteiger partial charge in [0, 0.05) is 36.0 Å². The number of hydrogen-bond acceptors (Lipinski definition) is 3. The number of pyridine rings is 1. The Bertz CT molecular complexity index is 597. The Kier molecular flexibility index (Phi) is 3.03. The number of anilines is 1. The molecule has 1 aliphatic rings. The van der Waals surface area contributed by atoms with Crippen LogP contribution in [0.4, 0.5) is 5.69 Å². The molecule has 1 heterocycles. The number of carbonyl (C=O) groups is 1. The zero-order chi connectivity index (χ0) is 13.2. The predicted molar refractivity (Wildman–Crippen MR) is 74.7 cm³/mol. The summed E-state index contributed by atoms with van der Waals surface area (Å²) in [6.07, 6.45) is 5.44. The lowest BCUT2D eigenvalue weighted by Crippen LogP contribution is -2.17. The summed E-state index contributed by atoms with van der Waals surface area (Å²) < 4.78 is 0. The fraction of sp³-hybridized carbons (Fsp3) is 0.250. The van der Waals surface area contributed by atoms with Gasteiger partial charge >= 0.3 is 0 Å². The standard InChI is InChI=1S/C16H16N2O/c17-15-5-6-18-10-14(15)9-16(19)13-7-11-3-1-2-4-12(11)8-13/h1-6,10,13H,7-9H2,(H2,17,18). The molecule has 0 spiro atoms. The molecule has 19 heavy (non-hydrogen) atoms. The largest absolute Gasteiger partial charge is 0.398 e. The number of fused-ring (bicyclic) bond motifs is 1. The van der Waals surface area contributed by atoms with Crippen molar-refractivity contribution in [1.29, 1.82) is 0 Å². The molecule has 0 atom stereocenters. The van der Waals surface area contributed by atoms with E-state index in [9.17, 15) is 4.79 Å². The van der Waals surface area contributed by atoms with E-state index >= 15 is 0 Å². The highest BCUT2D eigenvalue weighted by Crippen LogP contribution is 2.28. The van der Waals surface area contributed by atoms with E-state index in [1.165, 1.54) is 11.1 Å². The molecule has 0 saturated heterocycles. The van der Waals surface area contributed by atoms with Gasteiger partial charge in [0.2, 0.25) is 0 Å². The predicted octanol–water partition coefficient (Wildman–Crippen LogP) is 2.19. The van der Waals surface area contributed by atoms with Gasteiger partial charge in [-0.1, -0.05) is 24.3 Å². The molecule has 0 bridgehead atoms. The number of nitrogen functional groups attached to an aromatic ring is 1. The zero-order valence-electron chi connectivity index (χ0n) is 10.7. The van der Waals surface area contributed by atoms with Crippen LogP contribution in [0.3, 0.4) is 0 Å². The van der Waals surface area contributed by atoms with Crippen LogP contribution in [0.2, 0.25) is 0 Å². The second-order valence-electron chi connectivity index (χ2n) is 5.09. The summed E-state index contributed by atoms with van der Waals surface area (Å²) in [5, 5.41) is 0. The maximum atomic E-state index is 12.4. The highest BCUT2D eigenvalue weighted by molar-refractivity contribution is 5.85. The Morgan fingerprint density at radius 2 is 1.89 bits per heavy atom. The van der Waals surface area contributed by atoms with Gasteiger partial charge in [0.15, 0.2) is 0 Å². The number of hydrogen-bond donors (Lipinski definition) is 1. The molecule has 0 saturated carbocycles. The van der Waals surface area contributed by atoms with Crippen LogP contribution in [0.5, 0.6) is 0 Å². The van der Waals surface area contributed by atoms with Crippen molar-refractivity contribution < 1.29 is 4.79 Å². The summed E-state index contributed by atoms with van der Waals surface area (Å²) in [4.78, 5) is 16.4. The van der Waals surface area contributed by atoms with Crippen molar-refractivity contribution in [1.82, 2.24) is 4.98 Å². The zero-order valence-corrected chi connectivity index (χ0v) is 10.7. The first kappa shape index (κ1) is 11.9. The van der Waals surface area contributed by atoms with Crippen molar-refractivity contribution in [3.05, 3.63) is 59.4 Å². The van der Waals surface area contributed by atoms with E-state index in [1.54, 1.807) is 18.5 Å². The number of aromatic nitrogens is 1. The number of nitrogens with zero attached hydrogens (tertiary/aromatic N) is 1. The molecular formula is C16H16N2O. The number of nitrogens with two attached hydrogens (primary N) is 1. The first-order chi connectivity index (χ1) is 9.24. The summed E-state index contributed by atoms with van der Waals surface area (Å²) in [6, 6.07) is 10.0. The minimum Gasteiger partial charge on any atom is -0.398 e. The number of carbonyl (C=O) groups excluding carboxylic acids is 1. The van der Waals surface area contributed by atoms with Crippen LogP contribution in [0.25, 0.3) is 0 Å². The SMILES string of the molecule is Nc1ccncc1CC(=O)C1Cc2ccccc2C1. The van der Waals surface area contributed by atoms with Crippen LogP contribution in [0, 0.1) is 5.92 Å². The lowest BCUT2D eigenvalue weighted by atomic mass is 9.95. The minimum atomic E-state index is 0.0945. The van der Waals surface area contributed by atoms with Gasteiger partial charge in [0.1, 0.15) is 5.78 Å². The Morgan fingerprint density at radius 3 is 2.53 bits per heavy atom. The molecule has 3 nitrogen and oxygen atoms in total. The Hall–Kier alpha value is -2.16. The number of Topliss-reactive ketones (excluding diaryl/α,β-unsaturated/α-hetero) is 1. The quantitative estimate of drug-likeness (QED) is 0.911. The fourth-order valence-electron chi connectivity index (χ4n) is 2.70. The number of ketones is 1. The highest BCUT2D eigenvalue weighted by Gasteiger charge is 2.27. The summed E-state index contributed by atoms with van der Waals surface area (Å²) in [5.74, 6) is 0.355. The van der Waals surface area contributed by atoms with Crippen LogP contribution in [-0.4, -0.2) is 10.8 Å². The van der Waals surface area contributed by atoms with Gasteiger partial charge in [-0.3, -0.25) is 9.78 Å². The fourth-order valence-corrected chi connectivity index (χ4v) is 2.70. The number of rotatable bonds is 3. The van der Waals surface area contributed by atoms with Crippen LogP contribution >= 0.6 is 0 Å². The van der Waals surface area contributed by atoms with Crippen LogP contribution in [-0.2, 0) is 24.1 Å². The second kappa shape index (κ2) is 4.84. The molecule has 1 aromatic carbocycles. The van der Waals surface area contributed by atoms with Gasteiger partial charge in [-0.2, -0.15) is 0 Å². The highest BCUT2D eigenvalue weighted by atomic mass is 16.1. The molecule has 3 heteroatoms. The van der Waals surface area contributed by atoms with Gasteiger partial charge in [-0.05, 0) is 30.0 Å². The molecule has 0 fully saturated rings. The Morgan fingerprint density at radius 1 is 1.21 bits per heavy atom. The molecule has 0 unspecified atom stereocenters. The summed E-state index contributed by atoms with van der Waals surface area (Å²) in [6.45, 7) is 0. The summed E-state index contributed by atoms with van der Waals surface area (Å²) >= 11 is 0. The Balaban J connectivity index is 1.72. The van der Waals surface area contributed by atoms with Gasteiger partial charge in [-0.25, -0.2) is 0 Å². The van der Waals surface area contributed by atoms with Crippen molar-refractivity contribution in [2.45, 2.75) is 19.3 Å². The van der Waals surface area contributed by atoms with E-state index < -0.39 is 0 Å². The molecule has 1 aliphatic carbocycles. The third-order valence-electron chi connectivity index (χ3n) is 3.81. The maximum Gasteiger partial charge on any atom is 0.141 e. The first-order valence-electron chi connectivity index (χ1n) is 6.52. The van der Waals surface area contributed by atoms with E-state index in [2.05, 4.69) is 17.1 Å². The first-order valence-corrected chi connectivity index (χ1v) is 6.52. The van der Waals surface area contributed by atoms with Crippen LogP contribution < -0.4 is 5.73 Å². The van der Waals surface area contributed by atoms with Crippen molar-refractivity contribution in [3.8, 4) is 0 Å². The summed E-state index contributed by atoms with van der Waals surface area (Å²) in [5.41, 5.74) is 9.96. The average Bonchev–Trinajstić information content (AvgIpc) is 2.85. The van der Waals surface area contributed by atoms with Crippen molar-refractivity contribution in [2.75, 3.05) is 5.73 Å². The topological polar surface area (TPSA) is 56.0 Å². The van der Waals surface area contributed by atoms with Gasteiger partial charge in [0.05, 0.1) is 0 Å². The van der Waals surface area contributed by atoms with Crippen molar-refractivity contribution >= 4 is 11.5 Å². The molecule has 0 amide bonds. The maximum absolute atomic E-state index is 12.4.